The molecule has 0 bridgehead atoms. The molecule has 0 radical (unpaired) electrons. The Labute approximate surface area is 85.3 Å². The molecule has 0 atom stereocenters. The number of hydrogen-bond donors (Lipinski definition) is 1. The molecule has 0 saturated heterocycles. The van der Waals surface area contributed by atoms with E-state index in [-0.39, 0.29) is 5.56 Å². The van der Waals surface area contributed by atoms with Gasteiger partial charge in [-0.2, -0.15) is 0 Å². The fourth-order valence-electron chi connectivity index (χ4n) is 1.24. The van der Waals surface area contributed by atoms with Crippen molar-refractivity contribution in [1.82, 2.24) is 4.98 Å². The SMILES string of the molecule is Cc1ccc(-c2cc(Cl)[nH]c(=O)c2)o1. The van der Waals surface area contributed by atoms with E-state index >= 15 is 0 Å². The summed E-state index contributed by atoms with van der Waals surface area (Å²) in [7, 11) is 0. The van der Waals surface area contributed by atoms with Gasteiger partial charge in [0.2, 0.25) is 5.56 Å². The van der Waals surface area contributed by atoms with Crippen LogP contribution >= 0.6 is 11.6 Å². The average molecular weight is 210 g/mol. The fourth-order valence-corrected chi connectivity index (χ4v) is 1.45. The Hall–Kier alpha value is -1.48. The third-order valence-electron chi connectivity index (χ3n) is 1.84. The first kappa shape index (κ1) is 9.09. The molecule has 0 saturated carbocycles. The smallest absolute Gasteiger partial charge is 0.249 e. The number of aromatic amines is 1. The summed E-state index contributed by atoms with van der Waals surface area (Å²) in [6.07, 6.45) is 0. The highest BCUT2D eigenvalue weighted by atomic mass is 35.5. The highest BCUT2D eigenvalue weighted by Gasteiger charge is 2.04. The topological polar surface area (TPSA) is 46.0 Å². The van der Waals surface area contributed by atoms with Gasteiger partial charge in [-0.3, -0.25) is 4.79 Å². The monoisotopic (exact) mass is 209 g/mol. The summed E-state index contributed by atoms with van der Waals surface area (Å²) in [5, 5.41) is 0.307. The number of H-pyrrole nitrogens is 1. The lowest BCUT2D eigenvalue weighted by Gasteiger charge is -1.96. The van der Waals surface area contributed by atoms with Gasteiger partial charge in [-0.15, -0.1) is 0 Å². The highest BCUT2D eigenvalue weighted by molar-refractivity contribution is 6.29. The lowest BCUT2D eigenvalue weighted by atomic mass is 10.2. The second-order valence-electron chi connectivity index (χ2n) is 2.99. The maximum absolute atomic E-state index is 11.1. The van der Waals surface area contributed by atoms with Crippen LogP contribution in [-0.4, -0.2) is 4.98 Å². The van der Waals surface area contributed by atoms with Crippen LogP contribution in [0.3, 0.4) is 0 Å². The van der Waals surface area contributed by atoms with Crippen molar-refractivity contribution in [3.05, 3.63) is 45.5 Å². The van der Waals surface area contributed by atoms with Crippen LogP contribution in [0.1, 0.15) is 5.76 Å². The third kappa shape index (κ3) is 1.72. The molecule has 2 rings (SSSR count). The molecule has 3 nitrogen and oxygen atoms in total. The molecule has 0 spiro atoms. The van der Waals surface area contributed by atoms with Gasteiger partial charge in [0.05, 0.1) is 0 Å². The Bertz CT molecular complexity index is 513. The summed E-state index contributed by atoms with van der Waals surface area (Å²) >= 11 is 5.71. The number of halogens is 1. The molecule has 0 aromatic carbocycles. The van der Waals surface area contributed by atoms with Crippen LogP contribution in [0.4, 0.5) is 0 Å². The first-order valence-corrected chi connectivity index (χ1v) is 4.49. The molecule has 1 N–H and O–H groups in total. The highest BCUT2D eigenvalue weighted by Crippen LogP contribution is 2.21. The first-order chi connectivity index (χ1) is 6.65. The third-order valence-corrected chi connectivity index (χ3v) is 2.04. The maximum atomic E-state index is 11.1. The summed E-state index contributed by atoms with van der Waals surface area (Å²) < 4.78 is 5.37. The molecule has 2 aromatic heterocycles. The van der Waals surface area contributed by atoms with Gasteiger partial charge in [-0.05, 0) is 25.1 Å². The predicted molar refractivity (Wildman–Crippen MR) is 54.5 cm³/mol. The summed E-state index contributed by atoms with van der Waals surface area (Å²) in [6.45, 7) is 1.85. The van der Waals surface area contributed by atoms with Gasteiger partial charge in [-0.1, -0.05) is 11.6 Å². The Morgan fingerprint density at radius 3 is 2.71 bits per heavy atom. The molecule has 4 heteroatoms. The minimum absolute atomic E-state index is 0.235. The molecule has 2 aromatic rings. The number of pyridine rings is 1. The number of hydrogen-bond acceptors (Lipinski definition) is 2. The van der Waals surface area contributed by atoms with Crippen molar-refractivity contribution in [2.45, 2.75) is 6.92 Å². The number of nitrogens with one attached hydrogen (secondary N) is 1. The van der Waals surface area contributed by atoms with Crippen LogP contribution in [0.15, 0.2) is 33.5 Å². The summed E-state index contributed by atoms with van der Waals surface area (Å²) in [6, 6.07) is 6.75. The zero-order valence-electron chi connectivity index (χ0n) is 7.50. The molecule has 0 aliphatic rings. The van der Waals surface area contributed by atoms with Gasteiger partial charge in [0.1, 0.15) is 16.7 Å². The van der Waals surface area contributed by atoms with Crippen molar-refractivity contribution in [3.63, 3.8) is 0 Å². The number of furan rings is 1. The van der Waals surface area contributed by atoms with Crippen molar-refractivity contribution in [3.8, 4) is 11.3 Å². The first-order valence-electron chi connectivity index (χ1n) is 4.12. The van der Waals surface area contributed by atoms with E-state index in [1.54, 1.807) is 12.1 Å². The van der Waals surface area contributed by atoms with Crippen molar-refractivity contribution >= 4 is 11.6 Å². The molecule has 0 fully saturated rings. The van der Waals surface area contributed by atoms with Gasteiger partial charge in [-0.25, -0.2) is 0 Å². The normalized spacial score (nSPS) is 10.4. The molecule has 14 heavy (non-hydrogen) atoms. The Morgan fingerprint density at radius 1 is 1.36 bits per heavy atom. The molecule has 0 aliphatic carbocycles. The molecule has 0 aliphatic heterocycles. The minimum atomic E-state index is -0.235. The fraction of sp³-hybridized carbons (Fsp3) is 0.100. The Balaban J connectivity index is 2.56. The summed E-state index contributed by atoms with van der Waals surface area (Å²) in [5.41, 5.74) is 0.452. The molecular formula is C10H8ClNO2. The van der Waals surface area contributed by atoms with Crippen molar-refractivity contribution in [2.75, 3.05) is 0 Å². The summed E-state index contributed by atoms with van der Waals surface area (Å²) in [5.74, 6) is 1.45. The Morgan fingerprint density at radius 2 is 2.14 bits per heavy atom. The Kier molecular flexibility index (Phi) is 2.17. The molecule has 0 unspecified atom stereocenters. The van der Waals surface area contributed by atoms with E-state index in [0.717, 1.165) is 5.76 Å². The van der Waals surface area contributed by atoms with Crippen LogP contribution in [0.5, 0.6) is 0 Å². The van der Waals surface area contributed by atoms with Crippen LogP contribution in [0.2, 0.25) is 5.15 Å². The van der Waals surface area contributed by atoms with Crippen molar-refractivity contribution in [2.24, 2.45) is 0 Å². The van der Waals surface area contributed by atoms with E-state index in [2.05, 4.69) is 4.98 Å². The number of aryl methyl sites for hydroxylation is 1. The molecule has 2 heterocycles. The molecule has 72 valence electrons. The van der Waals surface area contributed by atoms with E-state index in [9.17, 15) is 4.79 Å². The lowest BCUT2D eigenvalue weighted by Crippen LogP contribution is -2.03. The van der Waals surface area contributed by atoms with Gasteiger partial charge >= 0.3 is 0 Å². The van der Waals surface area contributed by atoms with Crippen LogP contribution < -0.4 is 5.56 Å². The standard InChI is InChI=1S/C10H8ClNO2/c1-6-2-3-8(14-6)7-4-9(11)12-10(13)5-7/h2-5H,1H3,(H,12,13). The van der Waals surface area contributed by atoms with E-state index in [0.29, 0.717) is 16.5 Å². The van der Waals surface area contributed by atoms with Gasteiger partial charge in [0, 0.05) is 11.6 Å². The van der Waals surface area contributed by atoms with E-state index in [1.165, 1.54) is 6.07 Å². The molecular weight excluding hydrogens is 202 g/mol. The second kappa shape index (κ2) is 3.35. The van der Waals surface area contributed by atoms with Crippen molar-refractivity contribution < 1.29 is 4.42 Å². The van der Waals surface area contributed by atoms with E-state index < -0.39 is 0 Å². The van der Waals surface area contributed by atoms with Gasteiger partial charge < -0.3 is 9.40 Å². The zero-order chi connectivity index (χ0) is 10.1. The van der Waals surface area contributed by atoms with Crippen LogP contribution in [0.25, 0.3) is 11.3 Å². The number of aromatic nitrogens is 1. The van der Waals surface area contributed by atoms with Crippen molar-refractivity contribution in [1.29, 1.82) is 0 Å². The zero-order valence-corrected chi connectivity index (χ0v) is 8.26. The molecule has 0 amide bonds. The van der Waals surface area contributed by atoms with E-state index in [1.807, 2.05) is 13.0 Å². The largest absolute Gasteiger partial charge is 0.461 e. The quantitative estimate of drug-likeness (QED) is 0.734. The lowest BCUT2D eigenvalue weighted by molar-refractivity contribution is 0.548. The maximum Gasteiger partial charge on any atom is 0.249 e. The summed E-state index contributed by atoms with van der Waals surface area (Å²) in [4.78, 5) is 13.6. The predicted octanol–water partition coefficient (Wildman–Crippen LogP) is 2.60. The van der Waals surface area contributed by atoms with Gasteiger partial charge in [0.25, 0.3) is 0 Å². The second-order valence-corrected chi connectivity index (χ2v) is 3.40. The van der Waals surface area contributed by atoms with Crippen LogP contribution in [-0.2, 0) is 0 Å². The van der Waals surface area contributed by atoms with Crippen LogP contribution in [0, 0.1) is 6.92 Å². The van der Waals surface area contributed by atoms with E-state index in [4.69, 9.17) is 16.0 Å². The van der Waals surface area contributed by atoms with Gasteiger partial charge in [0.15, 0.2) is 0 Å². The minimum Gasteiger partial charge on any atom is -0.461 e. The average Bonchev–Trinajstić information content (AvgIpc) is 2.50. The number of rotatable bonds is 1.